The van der Waals surface area contributed by atoms with Gasteiger partial charge < -0.3 is 4.90 Å². The summed E-state index contributed by atoms with van der Waals surface area (Å²) in [5, 5.41) is 18.3. The topological polar surface area (TPSA) is 81.2 Å². The summed E-state index contributed by atoms with van der Waals surface area (Å²) in [5.41, 5.74) is 6.30. The van der Waals surface area contributed by atoms with Crippen LogP contribution in [0.4, 0.5) is 0 Å². The molecule has 0 saturated carbocycles. The van der Waals surface area contributed by atoms with Crippen LogP contribution in [0.5, 0.6) is 0 Å². The third kappa shape index (κ3) is 5.52. The maximum Gasteiger partial charge on any atom is 0.222 e. The lowest BCUT2D eigenvalue weighted by atomic mass is 9.90. The molecule has 0 spiro atoms. The lowest BCUT2D eigenvalue weighted by Crippen LogP contribution is -2.39. The summed E-state index contributed by atoms with van der Waals surface area (Å²) in [5.74, 6) is 2.38. The zero-order chi connectivity index (χ0) is 27.5. The van der Waals surface area contributed by atoms with Crippen molar-refractivity contribution in [3.05, 3.63) is 107 Å². The number of aromatic nitrogens is 6. The molecule has 1 fully saturated rings. The van der Waals surface area contributed by atoms with Gasteiger partial charge >= 0.3 is 0 Å². The molecule has 4 heterocycles. The summed E-state index contributed by atoms with van der Waals surface area (Å²) in [6.45, 7) is 5.76. The van der Waals surface area contributed by atoms with E-state index < -0.39 is 0 Å². The summed E-state index contributed by atoms with van der Waals surface area (Å²) in [6, 6.07) is 24.7. The Hall–Kier alpha value is -4.33. The van der Waals surface area contributed by atoms with Crippen molar-refractivity contribution >= 4 is 11.6 Å². The molecule has 8 nitrogen and oxygen atoms in total. The molecule has 2 aromatic carbocycles. The maximum absolute atomic E-state index is 13.1. The van der Waals surface area contributed by atoms with Crippen LogP contribution in [0, 0.1) is 19.8 Å². The highest BCUT2D eigenvalue weighted by Gasteiger charge is 2.24. The molecule has 0 radical (unpaired) electrons. The molecule has 5 aromatic rings. The molecule has 1 amide bonds. The van der Waals surface area contributed by atoms with Crippen LogP contribution in [-0.2, 0) is 24.1 Å². The molecule has 0 unspecified atom stereocenters. The molecule has 0 N–H and O–H groups in total. The number of nitrogens with zero attached hydrogens (tertiary/aromatic N) is 7. The molecule has 1 saturated heterocycles. The van der Waals surface area contributed by atoms with E-state index in [4.69, 9.17) is 10.2 Å². The van der Waals surface area contributed by atoms with E-state index in [9.17, 15) is 4.79 Å². The Labute approximate surface area is 234 Å². The van der Waals surface area contributed by atoms with Crippen molar-refractivity contribution in [3.63, 3.8) is 0 Å². The minimum Gasteiger partial charge on any atom is -0.343 e. The monoisotopic (exact) mass is 533 g/mol. The maximum atomic E-state index is 13.1. The number of piperidine rings is 1. The lowest BCUT2D eigenvalue weighted by Gasteiger charge is -2.32. The van der Waals surface area contributed by atoms with Crippen LogP contribution in [-0.4, -0.2) is 53.5 Å². The molecular weight excluding hydrogens is 498 g/mol. The van der Waals surface area contributed by atoms with Crippen LogP contribution in [0.2, 0.25) is 0 Å². The fraction of sp³-hybridized carbons (Fsp3) is 0.344. The van der Waals surface area contributed by atoms with Crippen LogP contribution < -0.4 is 0 Å². The Balaban J connectivity index is 1.11. The van der Waals surface area contributed by atoms with Crippen molar-refractivity contribution in [2.24, 2.45) is 5.92 Å². The number of carbonyl (C=O) groups is 1. The molecule has 6 rings (SSSR count). The zero-order valence-electron chi connectivity index (χ0n) is 23.2. The second-order valence-corrected chi connectivity index (χ2v) is 10.8. The van der Waals surface area contributed by atoms with E-state index in [0.29, 0.717) is 36.6 Å². The zero-order valence-corrected chi connectivity index (χ0v) is 23.2. The molecule has 0 bridgehead atoms. The molecule has 204 valence electrons. The van der Waals surface area contributed by atoms with Gasteiger partial charge in [-0.15, -0.1) is 15.3 Å². The Kier molecular flexibility index (Phi) is 7.40. The molecule has 40 heavy (non-hydrogen) atoms. The summed E-state index contributed by atoms with van der Waals surface area (Å²) in [6.07, 6.45) is 5.06. The van der Waals surface area contributed by atoms with Crippen molar-refractivity contribution in [1.82, 2.24) is 34.5 Å². The van der Waals surface area contributed by atoms with E-state index in [1.165, 1.54) is 5.56 Å². The first-order chi connectivity index (χ1) is 19.5. The van der Waals surface area contributed by atoms with Crippen molar-refractivity contribution in [3.8, 4) is 5.82 Å². The van der Waals surface area contributed by atoms with Crippen molar-refractivity contribution < 1.29 is 4.79 Å². The second-order valence-electron chi connectivity index (χ2n) is 10.8. The third-order valence-electron chi connectivity index (χ3n) is 8.10. The highest BCUT2D eigenvalue weighted by atomic mass is 16.2. The van der Waals surface area contributed by atoms with Crippen LogP contribution in [0.1, 0.15) is 53.2 Å². The molecular formula is C32H35N7O. The molecule has 0 atom stereocenters. The molecule has 3 aromatic heterocycles. The van der Waals surface area contributed by atoms with Gasteiger partial charge in [0.2, 0.25) is 5.91 Å². The third-order valence-corrected chi connectivity index (χ3v) is 8.10. The fourth-order valence-electron chi connectivity index (χ4n) is 5.81. The van der Waals surface area contributed by atoms with Crippen LogP contribution in [0.25, 0.3) is 11.5 Å². The van der Waals surface area contributed by atoms with Crippen molar-refractivity contribution in [1.29, 1.82) is 0 Å². The van der Waals surface area contributed by atoms with Crippen molar-refractivity contribution in [2.75, 3.05) is 13.1 Å². The van der Waals surface area contributed by atoms with Gasteiger partial charge in [-0.25, -0.2) is 4.68 Å². The predicted octanol–water partition coefficient (Wildman–Crippen LogP) is 4.93. The number of aryl methyl sites for hydroxylation is 1. The highest BCUT2D eigenvalue weighted by molar-refractivity contribution is 5.76. The fourth-order valence-corrected chi connectivity index (χ4v) is 5.81. The molecule has 1 aliphatic rings. The van der Waals surface area contributed by atoms with E-state index in [-0.39, 0.29) is 5.91 Å². The van der Waals surface area contributed by atoms with Crippen LogP contribution >= 0.6 is 0 Å². The minimum absolute atomic E-state index is 0.235. The SMILES string of the molecule is Cc1nn(-c2ccc3nnc(Cc4ccccc4)n3n2)c(C)c1CCC(=O)N1CCC(Cc2ccccc2)CC1. The van der Waals surface area contributed by atoms with E-state index in [1.807, 2.05) is 46.8 Å². The molecule has 0 aliphatic carbocycles. The summed E-state index contributed by atoms with van der Waals surface area (Å²) in [4.78, 5) is 15.2. The van der Waals surface area contributed by atoms with Gasteiger partial charge in [-0.3, -0.25) is 4.79 Å². The first kappa shape index (κ1) is 25.9. The van der Waals surface area contributed by atoms with E-state index in [0.717, 1.165) is 60.7 Å². The van der Waals surface area contributed by atoms with Crippen LogP contribution in [0.15, 0.2) is 72.8 Å². The first-order valence-corrected chi connectivity index (χ1v) is 14.2. The Morgan fingerprint density at radius 2 is 1.55 bits per heavy atom. The smallest absolute Gasteiger partial charge is 0.222 e. The van der Waals surface area contributed by atoms with E-state index >= 15 is 0 Å². The number of rotatable bonds is 8. The van der Waals surface area contributed by atoms with Gasteiger partial charge in [0.25, 0.3) is 0 Å². The number of fused-ring (bicyclic) bond motifs is 1. The van der Waals surface area contributed by atoms with Gasteiger partial charge in [0.05, 0.1) is 5.69 Å². The number of amides is 1. The van der Waals surface area contributed by atoms with Gasteiger partial charge in [0.15, 0.2) is 17.3 Å². The van der Waals surface area contributed by atoms with Crippen LogP contribution in [0.3, 0.4) is 0 Å². The number of likely N-dealkylation sites (tertiary alicyclic amines) is 1. The Morgan fingerprint density at radius 3 is 2.27 bits per heavy atom. The molecule has 8 heteroatoms. The summed E-state index contributed by atoms with van der Waals surface area (Å²) in [7, 11) is 0. The highest BCUT2D eigenvalue weighted by Crippen LogP contribution is 2.24. The Bertz CT molecular complexity index is 1600. The Morgan fingerprint density at radius 1 is 0.850 bits per heavy atom. The average Bonchev–Trinajstić information content (AvgIpc) is 3.52. The lowest BCUT2D eigenvalue weighted by molar-refractivity contribution is -0.132. The number of benzene rings is 2. The number of hydrogen-bond donors (Lipinski definition) is 0. The first-order valence-electron chi connectivity index (χ1n) is 14.2. The standard InChI is InChI=1S/C32H35N7O/c1-23-28(13-16-32(40)37-19-17-27(18-20-37)21-25-9-5-3-6-10-25)24(2)38(35-23)30-15-14-29-33-34-31(39(29)36-30)22-26-11-7-4-8-12-26/h3-12,14-15,27H,13,16-22H2,1-2H3. The van der Waals surface area contributed by atoms with Gasteiger partial charge in [-0.1, -0.05) is 60.7 Å². The summed E-state index contributed by atoms with van der Waals surface area (Å²) >= 11 is 0. The quantitative estimate of drug-likeness (QED) is 0.283. The predicted molar refractivity (Wildman–Crippen MR) is 154 cm³/mol. The van der Waals surface area contributed by atoms with Gasteiger partial charge in [0.1, 0.15) is 0 Å². The van der Waals surface area contributed by atoms with Gasteiger partial charge in [-0.2, -0.15) is 9.61 Å². The largest absolute Gasteiger partial charge is 0.343 e. The van der Waals surface area contributed by atoms with Crippen molar-refractivity contribution in [2.45, 2.75) is 52.4 Å². The van der Waals surface area contributed by atoms with E-state index in [1.54, 1.807) is 4.52 Å². The number of carbonyl (C=O) groups excluding carboxylic acids is 1. The normalized spacial score (nSPS) is 14.2. The molecule has 1 aliphatic heterocycles. The summed E-state index contributed by atoms with van der Waals surface area (Å²) < 4.78 is 3.67. The second kappa shape index (κ2) is 11.4. The van der Waals surface area contributed by atoms with Gasteiger partial charge in [0, 0.05) is 31.6 Å². The number of hydrogen-bond acceptors (Lipinski definition) is 5. The van der Waals surface area contributed by atoms with Gasteiger partial charge in [-0.05, 0) is 74.3 Å². The minimum atomic E-state index is 0.235. The average molecular weight is 534 g/mol. The van der Waals surface area contributed by atoms with E-state index in [2.05, 4.69) is 59.6 Å².